The largest absolute Gasteiger partial charge is 0.491 e. The predicted octanol–water partition coefficient (Wildman–Crippen LogP) is 2.78. The summed E-state index contributed by atoms with van der Waals surface area (Å²) in [7, 11) is 0. The molecule has 1 saturated carbocycles. The van der Waals surface area contributed by atoms with Crippen molar-refractivity contribution in [2.75, 3.05) is 0 Å². The van der Waals surface area contributed by atoms with Crippen LogP contribution in [-0.4, -0.2) is 17.6 Å². The Kier molecular flexibility index (Phi) is 4.57. The van der Waals surface area contributed by atoms with Crippen LogP contribution < -0.4 is 15.8 Å². The molecule has 0 aliphatic heterocycles. The summed E-state index contributed by atoms with van der Waals surface area (Å²) in [5, 5.41) is 3.02. The number of nitrogens with two attached hydrogens (primary N) is 1. The molecule has 0 saturated heterocycles. The first-order valence-electron chi connectivity index (χ1n) is 7.67. The van der Waals surface area contributed by atoms with Gasteiger partial charge in [0.05, 0.1) is 17.7 Å². The van der Waals surface area contributed by atoms with Crippen molar-refractivity contribution in [3.63, 3.8) is 0 Å². The molecule has 1 amide bonds. The van der Waals surface area contributed by atoms with Gasteiger partial charge in [0.2, 0.25) is 5.91 Å². The molecule has 0 aromatic heterocycles. The Labute approximate surface area is 127 Å². The van der Waals surface area contributed by atoms with Gasteiger partial charge in [0.1, 0.15) is 5.75 Å². The molecule has 4 heteroatoms. The molecule has 0 spiro atoms. The van der Waals surface area contributed by atoms with Gasteiger partial charge in [-0.3, -0.25) is 4.79 Å². The van der Waals surface area contributed by atoms with Gasteiger partial charge in [0, 0.05) is 0 Å². The minimum atomic E-state index is -0.764. The van der Waals surface area contributed by atoms with Crippen molar-refractivity contribution < 1.29 is 9.53 Å². The minimum Gasteiger partial charge on any atom is -0.491 e. The first-order valence-corrected chi connectivity index (χ1v) is 7.67. The van der Waals surface area contributed by atoms with Crippen molar-refractivity contribution in [1.82, 2.24) is 5.32 Å². The molecule has 116 valence electrons. The molecule has 21 heavy (non-hydrogen) atoms. The van der Waals surface area contributed by atoms with Crippen LogP contribution in [0.3, 0.4) is 0 Å². The Morgan fingerprint density at radius 2 is 2.05 bits per heavy atom. The molecule has 3 N–H and O–H groups in total. The number of rotatable bonds is 6. The van der Waals surface area contributed by atoms with E-state index in [9.17, 15) is 4.79 Å². The van der Waals surface area contributed by atoms with Crippen LogP contribution in [-0.2, 0) is 4.79 Å². The van der Waals surface area contributed by atoms with Crippen molar-refractivity contribution in [2.45, 2.75) is 58.2 Å². The highest BCUT2D eigenvalue weighted by atomic mass is 16.5. The molecule has 2 atom stereocenters. The van der Waals surface area contributed by atoms with Crippen LogP contribution in [0.15, 0.2) is 24.3 Å². The number of carbonyl (C=O) groups is 1. The maximum absolute atomic E-state index is 12.3. The van der Waals surface area contributed by atoms with E-state index in [2.05, 4.69) is 5.32 Å². The second-order valence-electron chi connectivity index (χ2n) is 6.49. The van der Waals surface area contributed by atoms with Crippen LogP contribution in [0.4, 0.5) is 0 Å². The third-order valence-electron chi connectivity index (χ3n) is 3.99. The SMILES string of the molecule is CC(C)Oc1cccc(C(C)NC(=O)C(C)(N)C2CC2)c1. The number of benzene rings is 1. The maximum atomic E-state index is 12.3. The summed E-state index contributed by atoms with van der Waals surface area (Å²) in [5.74, 6) is 1.06. The number of nitrogens with one attached hydrogen (secondary N) is 1. The Morgan fingerprint density at radius 3 is 2.62 bits per heavy atom. The van der Waals surface area contributed by atoms with E-state index < -0.39 is 5.54 Å². The minimum absolute atomic E-state index is 0.0762. The number of amides is 1. The fourth-order valence-corrected chi connectivity index (χ4v) is 2.43. The zero-order valence-corrected chi connectivity index (χ0v) is 13.3. The van der Waals surface area contributed by atoms with E-state index >= 15 is 0 Å². The highest BCUT2D eigenvalue weighted by Gasteiger charge is 2.44. The molecule has 2 rings (SSSR count). The lowest BCUT2D eigenvalue weighted by Gasteiger charge is -2.26. The van der Waals surface area contributed by atoms with Gasteiger partial charge in [-0.25, -0.2) is 0 Å². The van der Waals surface area contributed by atoms with Gasteiger partial charge in [-0.1, -0.05) is 12.1 Å². The van der Waals surface area contributed by atoms with E-state index in [4.69, 9.17) is 10.5 Å². The first-order chi connectivity index (χ1) is 9.80. The summed E-state index contributed by atoms with van der Waals surface area (Å²) in [6, 6.07) is 7.74. The van der Waals surface area contributed by atoms with Crippen LogP contribution in [0.25, 0.3) is 0 Å². The standard InChI is InChI=1S/C17H26N2O2/c1-11(2)21-15-7-5-6-13(10-15)12(3)19-16(20)17(4,18)14-8-9-14/h5-7,10-12,14H,8-9,18H2,1-4H3,(H,19,20). The van der Waals surface area contributed by atoms with Gasteiger partial charge in [-0.15, -0.1) is 0 Å². The van der Waals surface area contributed by atoms with Crippen LogP contribution >= 0.6 is 0 Å². The smallest absolute Gasteiger partial charge is 0.240 e. The number of hydrogen-bond acceptors (Lipinski definition) is 3. The number of ether oxygens (including phenoxy) is 1. The summed E-state index contributed by atoms with van der Waals surface area (Å²) < 4.78 is 5.69. The highest BCUT2D eigenvalue weighted by Crippen LogP contribution is 2.38. The molecule has 2 unspecified atom stereocenters. The maximum Gasteiger partial charge on any atom is 0.240 e. The van der Waals surface area contributed by atoms with Gasteiger partial charge >= 0.3 is 0 Å². The molecule has 1 aliphatic rings. The quantitative estimate of drug-likeness (QED) is 0.846. The normalized spacial score (nSPS) is 19.0. The lowest BCUT2D eigenvalue weighted by atomic mass is 9.95. The van der Waals surface area contributed by atoms with Crippen LogP contribution in [0.1, 0.15) is 52.1 Å². The predicted molar refractivity (Wildman–Crippen MR) is 84.1 cm³/mol. The molecule has 0 radical (unpaired) electrons. The zero-order valence-electron chi connectivity index (χ0n) is 13.3. The van der Waals surface area contributed by atoms with E-state index in [1.165, 1.54) is 0 Å². The van der Waals surface area contributed by atoms with E-state index in [0.29, 0.717) is 5.92 Å². The average molecular weight is 290 g/mol. The van der Waals surface area contributed by atoms with Gasteiger partial charge in [0.25, 0.3) is 0 Å². The third-order valence-corrected chi connectivity index (χ3v) is 3.99. The Hall–Kier alpha value is -1.55. The molecule has 0 bridgehead atoms. The topological polar surface area (TPSA) is 64.3 Å². The Morgan fingerprint density at radius 1 is 1.38 bits per heavy atom. The molecule has 1 aromatic carbocycles. The summed E-state index contributed by atoms with van der Waals surface area (Å²) in [6.07, 6.45) is 2.23. The lowest BCUT2D eigenvalue weighted by molar-refractivity contribution is -0.127. The summed E-state index contributed by atoms with van der Waals surface area (Å²) >= 11 is 0. The van der Waals surface area contributed by atoms with Crippen LogP contribution in [0, 0.1) is 5.92 Å². The van der Waals surface area contributed by atoms with E-state index in [-0.39, 0.29) is 18.1 Å². The first kappa shape index (κ1) is 15.8. The average Bonchev–Trinajstić information content (AvgIpc) is 3.22. The van der Waals surface area contributed by atoms with Gasteiger partial charge < -0.3 is 15.8 Å². The molecular weight excluding hydrogens is 264 g/mol. The lowest BCUT2D eigenvalue weighted by Crippen LogP contribution is -2.53. The van der Waals surface area contributed by atoms with Gasteiger partial charge in [-0.05, 0) is 64.2 Å². The molecule has 1 aliphatic carbocycles. The van der Waals surface area contributed by atoms with Crippen molar-refractivity contribution >= 4 is 5.91 Å². The summed E-state index contributed by atoms with van der Waals surface area (Å²) in [6.45, 7) is 7.78. The van der Waals surface area contributed by atoms with Crippen molar-refractivity contribution in [2.24, 2.45) is 11.7 Å². The molecular formula is C17H26N2O2. The van der Waals surface area contributed by atoms with E-state index in [1.807, 2.05) is 52.0 Å². The van der Waals surface area contributed by atoms with Crippen LogP contribution in [0.5, 0.6) is 5.75 Å². The molecule has 4 nitrogen and oxygen atoms in total. The van der Waals surface area contributed by atoms with Gasteiger partial charge in [0.15, 0.2) is 0 Å². The van der Waals surface area contributed by atoms with E-state index in [0.717, 1.165) is 24.2 Å². The van der Waals surface area contributed by atoms with E-state index in [1.54, 1.807) is 0 Å². The summed E-state index contributed by atoms with van der Waals surface area (Å²) in [5.41, 5.74) is 6.41. The van der Waals surface area contributed by atoms with Crippen molar-refractivity contribution in [3.05, 3.63) is 29.8 Å². The molecule has 1 aromatic rings. The fourth-order valence-electron chi connectivity index (χ4n) is 2.43. The zero-order chi connectivity index (χ0) is 15.6. The second-order valence-corrected chi connectivity index (χ2v) is 6.49. The molecule has 0 heterocycles. The third kappa shape index (κ3) is 3.97. The number of carbonyl (C=O) groups excluding carboxylic acids is 1. The Balaban J connectivity index is 2.02. The Bertz CT molecular complexity index is 507. The van der Waals surface area contributed by atoms with Crippen LogP contribution in [0.2, 0.25) is 0 Å². The van der Waals surface area contributed by atoms with Crippen molar-refractivity contribution in [3.8, 4) is 5.75 Å². The fraction of sp³-hybridized carbons (Fsp3) is 0.588. The summed E-state index contributed by atoms with van der Waals surface area (Å²) in [4.78, 5) is 12.3. The molecule has 1 fully saturated rings. The highest BCUT2D eigenvalue weighted by molar-refractivity contribution is 5.86. The monoisotopic (exact) mass is 290 g/mol. The number of hydrogen-bond donors (Lipinski definition) is 2. The van der Waals surface area contributed by atoms with Crippen molar-refractivity contribution in [1.29, 1.82) is 0 Å². The second kappa shape index (κ2) is 6.06. The van der Waals surface area contributed by atoms with Gasteiger partial charge in [-0.2, -0.15) is 0 Å².